The van der Waals surface area contributed by atoms with Crippen LogP contribution in [-0.2, 0) is 6.54 Å². The molecule has 0 unspecified atom stereocenters. The van der Waals surface area contributed by atoms with Crippen LogP contribution >= 0.6 is 0 Å². The minimum absolute atomic E-state index is 0.0801. The van der Waals surface area contributed by atoms with Gasteiger partial charge in [0, 0.05) is 34.1 Å². The second-order valence-electron chi connectivity index (χ2n) is 7.47. The third-order valence-corrected chi connectivity index (χ3v) is 5.38. The average Bonchev–Trinajstić information content (AvgIpc) is 3.07. The number of rotatable bonds is 4. The zero-order valence-electron chi connectivity index (χ0n) is 17.6. The van der Waals surface area contributed by atoms with E-state index in [-0.39, 0.29) is 11.3 Å². The molecule has 0 radical (unpaired) electrons. The Kier molecular flexibility index (Phi) is 5.29. The molecule has 0 atom stereocenters. The maximum absolute atomic E-state index is 12.8. The molecule has 31 heavy (non-hydrogen) atoms. The van der Waals surface area contributed by atoms with Gasteiger partial charge in [-0.2, -0.15) is 5.10 Å². The van der Waals surface area contributed by atoms with Crippen molar-refractivity contribution in [1.82, 2.24) is 25.6 Å². The highest BCUT2D eigenvalue weighted by molar-refractivity contribution is 6.06. The van der Waals surface area contributed by atoms with Crippen LogP contribution < -0.4 is 16.4 Å². The molecule has 0 spiro atoms. The average molecular weight is 417 g/mol. The molecule has 0 saturated carbocycles. The molecule has 0 saturated heterocycles. The Morgan fingerprint density at radius 2 is 1.71 bits per heavy atom. The normalized spacial score (nSPS) is 11.1. The number of carbonyl (C=O) groups excluding carboxylic acids is 2. The highest BCUT2D eigenvalue weighted by Gasteiger charge is 2.18. The number of aryl methyl sites for hydroxylation is 3. The summed E-state index contributed by atoms with van der Waals surface area (Å²) in [4.78, 5) is 41.3. The third kappa shape index (κ3) is 3.68. The van der Waals surface area contributed by atoms with E-state index < -0.39 is 11.8 Å². The van der Waals surface area contributed by atoms with Gasteiger partial charge in [0.15, 0.2) is 5.69 Å². The number of hydrogen-bond donors (Lipinski definition) is 3. The summed E-state index contributed by atoms with van der Waals surface area (Å²) in [6.07, 6.45) is 0.698. The maximum atomic E-state index is 12.8. The SMILES string of the molecule is CCCn1nc(C(=O)NNC(=O)c2ccc3[nH]c(C)c(C)c3c2)c2ccccc2c1=O. The van der Waals surface area contributed by atoms with E-state index in [0.717, 1.165) is 22.2 Å². The number of nitrogens with one attached hydrogen (secondary N) is 3. The highest BCUT2D eigenvalue weighted by atomic mass is 16.2. The van der Waals surface area contributed by atoms with Crippen molar-refractivity contribution in [3.05, 3.63) is 75.3 Å². The van der Waals surface area contributed by atoms with Crippen LogP contribution in [0.2, 0.25) is 0 Å². The van der Waals surface area contributed by atoms with Crippen LogP contribution in [0.1, 0.15) is 45.4 Å². The number of fused-ring (bicyclic) bond motifs is 2. The lowest BCUT2D eigenvalue weighted by Crippen LogP contribution is -2.42. The molecule has 2 amide bonds. The lowest BCUT2D eigenvalue weighted by atomic mass is 10.1. The zero-order chi connectivity index (χ0) is 22.1. The molecular weight excluding hydrogens is 394 g/mol. The van der Waals surface area contributed by atoms with Crippen molar-refractivity contribution < 1.29 is 9.59 Å². The summed E-state index contributed by atoms with van der Waals surface area (Å²) in [6, 6.07) is 12.1. The standard InChI is InChI=1S/C23H23N5O3/c1-4-11-28-23(31)17-8-6-5-7-16(17)20(27-28)22(30)26-25-21(29)15-9-10-19-18(12-15)13(2)14(3)24-19/h5-10,12,24H,4,11H2,1-3H3,(H,25,29)(H,26,30). The second-order valence-corrected chi connectivity index (χ2v) is 7.47. The summed E-state index contributed by atoms with van der Waals surface area (Å²) >= 11 is 0. The lowest BCUT2D eigenvalue weighted by molar-refractivity contribution is 0.0843. The Balaban J connectivity index is 1.59. The topological polar surface area (TPSA) is 109 Å². The number of aromatic nitrogens is 3. The summed E-state index contributed by atoms with van der Waals surface area (Å²) in [6.45, 7) is 6.28. The first-order chi connectivity index (χ1) is 14.9. The molecule has 0 aliphatic rings. The van der Waals surface area contributed by atoms with E-state index in [4.69, 9.17) is 0 Å². The van der Waals surface area contributed by atoms with Gasteiger partial charge >= 0.3 is 0 Å². The van der Waals surface area contributed by atoms with Crippen molar-refractivity contribution in [1.29, 1.82) is 0 Å². The molecule has 158 valence electrons. The van der Waals surface area contributed by atoms with E-state index in [2.05, 4.69) is 20.9 Å². The van der Waals surface area contributed by atoms with Crippen molar-refractivity contribution in [3.63, 3.8) is 0 Å². The quantitative estimate of drug-likeness (QED) is 0.444. The molecular formula is C23H23N5O3. The van der Waals surface area contributed by atoms with Gasteiger partial charge in [0.1, 0.15) is 0 Å². The van der Waals surface area contributed by atoms with E-state index in [1.807, 2.05) is 26.8 Å². The van der Waals surface area contributed by atoms with Gasteiger partial charge in [-0.3, -0.25) is 25.2 Å². The zero-order valence-corrected chi connectivity index (χ0v) is 17.6. The number of carbonyl (C=O) groups is 2. The Morgan fingerprint density at radius 1 is 1.00 bits per heavy atom. The summed E-state index contributed by atoms with van der Waals surface area (Å²) < 4.78 is 1.28. The summed E-state index contributed by atoms with van der Waals surface area (Å²) in [5.41, 5.74) is 8.18. The predicted octanol–water partition coefficient (Wildman–Crippen LogP) is 2.98. The number of hydrazine groups is 1. The number of aromatic amines is 1. The molecule has 4 rings (SSSR count). The monoisotopic (exact) mass is 417 g/mol. The molecule has 8 heteroatoms. The molecule has 0 fully saturated rings. The fourth-order valence-electron chi connectivity index (χ4n) is 3.61. The van der Waals surface area contributed by atoms with E-state index in [1.165, 1.54) is 4.68 Å². The smallest absolute Gasteiger partial charge is 0.290 e. The Hall–Kier alpha value is -3.94. The number of amides is 2. The first-order valence-electron chi connectivity index (χ1n) is 10.1. The van der Waals surface area contributed by atoms with E-state index in [0.29, 0.717) is 29.3 Å². The van der Waals surface area contributed by atoms with Crippen LogP contribution in [0.3, 0.4) is 0 Å². The predicted molar refractivity (Wildman–Crippen MR) is 119 cm³/mol. The fourth-order valence-corrected chi connectivity index (χ4v) is 3.61. The fraction of sp³-hybridized carbons (Fsp3) is 0.217. The Morgan fingerprint density at radius 3 is 2.45 bits per heavy atom. The van der Waals surface area contributed by atoms with Gasteiger partial charge in [0.25, 0.3) is 17.4 Å². The van der Waals surface area contributed by atoms with Crippen LogP contribution in [0.15, 0.2) is 47.3 Å². The molecule has 2 aromatic heterocycles. The van der Waals surface area contributed by atoms with Gasteiger partial charge in [-0.15, -0.1) is 0 Å². The molecule has 8 nitrogen and oxygen atoms in total. The number of hydrogen-bond acceptors (Lipinski definition) is 4. The first-order valence-corrected chi connectivity index (χ1v) is 10.1. The molecule has 3 N–H and O–H groups in total. The summed E-state index contributed by atoms with van der Waals surface area (Å²) in [7, 11) is 0. The van der Waals surface area contributed by atoms with Gasteiger partial charge in [-0.05, 0) is 50.1 Å². The van der Waals surface area contributed by atoms with E-state index in [1.54, 1.807) is 36.4 Å². The van der Waals surface area contributed by atoms with Crippen molar-refractivity contribution in [2.45, 2.75) is 33.7 Å². The molecule has 4 aromatic rings. The van der Waals surface area contributed by atoms with Crippen LogP contribution in [0, 0.1) is 13.8 Å². The minimum Gasteiger partial charge on any atom is -0.358 e. The minimum atomic E-state index is -0.593. The maximum Gasteiger partial charge on any atom is 0.290 e. The Bertz CT molecular complexity index is 1380. The number of nitrogens with zero attached hydrogens (tertiary/aromatic N) is 2. The first kappa shape index (κ1) is 20.3. The van der Waals surface area contributed by atoms with Crippen LogP contribution in [0.5, 0.6) is 0 Å². The molecule has 0 aliphatic carbocycles. The molecule has 2 aromatic carbocycles. The van der Waals surface area contributed by atoms with E-state index in [9.17, 15) is 14.4 Å². The van der Waals surface area contributed by atoms with Gasteiger partial charge in [0.2, 0.25) is 0 Å². The number of H-pyrrole nitrogens is 1. The van der Waals surface area contributed by atoms with Crippen LogP contribution in [-0.4, -0.2) is 26.6 Å². The van der Waals surface area contributed by atoms with Gasteiger partial charge in [-0.1, -0.05) is 25.1 Å². The summed E-state index contributed by atoms with van der Waals surface area (Å²) in [5, 5.41) is 6.03. The third-order valence-electron chi connectivity index (χ3n) is 5.38. The van der Waals surface area contributed by atoms with Gasteiger partial charge < -0.3 is 4.98 Å². The number of benzene rings is 2. The van der Waals surface area contributed by atoms with Crippen molar-refractivity contribution in [2.75, 3.05) is 0 Å². The molecule has 0 aliphatic heterocycles. The van der Waals surface area contributed by atoms with Crippen LogP contribution in [0.4, 0.5) is 0 Å². The van der Waals surface area contributed by atoms with E-state index >= 15 is 0 Å². The Labute approximate surface area is 178 Å². The van der Waals surface area contributed by atoms with Crippen LogP contribution in [0.25, 0.3) is 21.7 Å². The summed E-state index contributed by atoms with van der Waals surface area (Å²) in [5.74, 6) is -1.04. The van der Waals surface area contributed by atoms with Gasteiger partial charge in [0.05, 0.1) is 5.39 Å². The van der Waals surface area contributed by atoms with Crippen molar-refractivity contribution in [2.24, 2.45) is 0 Å². The van der Waals surface area contributed by atoms with Crippen molar-refractivity contribution in [3.8, 4) is 0 Å². The van der Waals surface area contributed by atoms with Crippen molar-refractivity contribution >= 4 is 33.5 Å². The second kappa shape index (κ2) is 8.06. The lowest BCUT2D eigenvalue weighted by Gasteiger charge is -2.11. The highest BCUT2D eigenvalue weighted by Crippen LogP contribution is 2.22. The molecule has 2 heterocycles. The largest absolute Gasteiger partial charge is 0.358 e. The van der Waals surface area contributed by atoms with Gasteiger partial charge in [-0.25, -0.2) is 4.68 Å². The molecule has 0 bridgehead atoms.